The van der Waals surface area contributed by atoms with Gasteiger partial charge in [0.05, 0.1) is 6.61 Å². The zero-order chi connectivity index (χ0) is 7.40. The van der Waals surface area contributed by atoms with E-state index < -0.39 is 0 Å². The molecule has 0 atom stereocenters. The lowest BCUT2D eigenvalue weighted by Crippen LogP contribution is -2.04. The normalized spacial score (nSPS) is 17.3. The minimum atomic E-state index is 0.0366. The quantitative estimate of drug-likeness (QED) is 0.565. The Balaban J connectivity index is 2.53. The maximum atomic E-state index is 10.7. The number of methoxy groups -OCH3 is 1. The van der Waals surface area contributed by atoms with Crippen molar-refractivity contribution in [1.82, 2.24) is 0 Å². The molecule has 0 heterocycles. The van der Waals surface area contributed by atoms with Crippen molar-refractivity contribution in [1.29, 1.82) is 0 Å². The highest BCUT2D eigenvalue weighted by molar-refractivity contribution is 5.89. The van der Waals surface area contributed by atoms with Crippen LogP contribution in [0.5, 0.6) is 0 Å². The molecule has 10 heavy (non-hydrogen) atoms. The van der Waals surface area contributed by atoms with Gasteiger partial charge in [0.25, 0.3) is 0 Å². The Kier molecular flexibility index (Phi) is 2.40. The smallest absolute Gasteiger partial charge is 0.167 e. The van der Waals surface area contributed by atoms with Gasteiger partial charge in [0.2, 0.25) is 0 Å². The number of ether oxygens (including phenoxy) is 1. The van der Waals surface area contributed by atoms with Crippen LogP contribution in [0.1, 0.15) is 6.42 Å². The molecule has 0 amide bonds. The first kappa shape index (κ1) is 7.22. The summed E-state index contributed by atoms with van der Waals surface area (Å²) >= 11 is 0. The molecular formula is C8H9O2. The van der Waals surface area contributed by atoms with Crippen LogP contribution >= 0.6 is 0 Å². The number of carbonyl (C=O) groups excluding carboxylic acids is 1. The average Bonchev–Trinajstić information content (AvgIpc) is 1.88. The highest BCUT2D eigenvalue weighted by Crippen LogP contribution is 2.07. The molecule has 0 bridgehead atoms. The summed E-state index contributed by atoms with van der Waals surface area (Å²) in [5.74, 6) is 0.0366. The Bertz CT molecular complexity index is 189. The van der Waals surface area contributed by atoms with Crippen LogP contribution < -0.4 is 0 Å². The fourth-order valence-corrected chi connectivity index (χ4v) is 0.853. The van der Waals surface area contributed by atoms with Gasteiger partial charge in [0.1, 0.15) is 0 Å². The lowest BCUT2D eigenvalue weighted by molar-refractivity contribution is -0.114. The molecule has 2 heteroatoms. The Hall–Kier alpha value is -0.890. The zero-order valence-corrected chi connectivity index (χ0v) is 5.89. The molecule has 0 saturated heterocycles. The lowest BCUT2D eigenvalue weighted by atomic mass is 10.1. The fourth-order valence-electron chi connectivity index (χ4n) is 0.853. The van der Waals surface area contributed by atoms with Crippen LogP contribution in [-0.2, 0) is 9.53 Å². The number of hydrogen-bond acceptors (Lipinski definition) is 2. The first-order valence-electron chi connectivity index (χ1n) is 3.12. The summed E-state index contributed by atoms with van der Waals surface area (Å²) in [6.07, 6.45) is 6.54. The molecule has 0 saturated carbocycles. The largest absolute Gasteiger partial charge is 0.380 e. The number of Topliss-reactive ketones (excluding diaryl/α,β-unsaturated/α-hetero) is 1. The van der Waals surface area contributed by atoms with E-state index in [9.17, 15) is 4.79 Å². The maximum Gasteiger partial charge on any atom is 0.167 e. The van der Waals surface area contributed by atoms with Gasteiger partial charge < -0.3 is 4.74 Å². The van der Waals surface area contributed by atoms with Gasteiger partial charge in [-0.2, -0.15) is 0 Å². The summed E-state index contributed by atoms with van der Waals surface area (Å²) < 4.78 is 4.86. The molecular weight excluding hydrogens is 128 g/mol. The summed E-state index contributed by atoms with van der Waals surface area (Å²) in [5, 5.41) is 0. The van der Waals surface area contributed by atoms with Gasteiger partial charge in [0, 0.05) is 19.6 Å². The van der Waals surface area contributed by atoms with Gasteiger partial charge >= 0.3 is 0 Å². The maximum absolute atomic E-state index is 10.7. The van der Waals surface area contributed by atoms with Crippen molar-refractivity contribution in [3.63, 3.8) is 0 Å². The number of allylic oxidation sites excluding steroid dienone is 3. The molecule has 0 unspecified atom stereocenters. The molecule has 53 valence electrons. The van der Waals surface area contributed by atoms with Crippen molar-refractivity contribution in [3.8, 4) is 0 Å². The van der Waals surface area contributed by atoms with E-state index in [0.717, 1.165) is 5.57 Å². The predicted molar refractivity (Wildman–Crippen MR) is 37.4 cm³/mol. The molecule has 1 aliphatic carbocycles. The van der Waals surface area contributed by atoms with Gasteiger partial charge in [0.15, 0.2) is 5.78 Å². The number of carbonyl (C=O) groups is 1. The van der Waals surface area contributed by atoms with E-state index in [4.69, 9.17) is 4.74 Å². The summed E-state index contributed by atoms with van der Waals surface area (Å²) in [6, 6.07) is 0. The third-order valence-electron chi connectivity index (χ3n) is 1.28. The molecule has 0 aromatic rings. The van der Waals surface area contributed by atoms with E-state index >= 15 is 0 Å². The van der Waals surface area contributed by atoms with Gasteiger partial charge in [-0.15, -0.1) is 0 Å². The van der Waals surface area contributed by atoms with Crippen molar-refractivity contribution in [2.75, 3.05) is 13.7 Å². The minimum Gasteiger partial charge on any atom is -0.380 e. The standard InChI is InChI=1S/C8H9O2/c1-10-6-7-3-2-4-8(9)5-7/h2-3H,5-6H2,1H3. The first-order chi connectivity index (χ1) is 4.83. The van der Waals surface area contributed by atoms with E-state index in [-0.39, 0.29) is 5.78 Å². The molecule has 1 aliphatic rings. The molecule has 0 aliphatic heterocycles. The van der Waals surface area contributed by atoms with Crippen LogP contribution in [0, 0.1) is 6.08 Å². The monoisotopic (exact) mass is 137 g/mol. The molecule has 0 aromatic heterocycles. The third-order valence-corrected chi connectivity index (χ3v) is 1.28. The molecule has 0 aromatic carbocycles. The zero-order valence-electron chi connectivity index (χ0n) is 5.89. The second-order valence-corrected chi connectivity index (χ2v) is 2.17. The van der Waals surface area contributed by atoms with Crippen LogP contribution in [0.15, 0.2) is 17.7 Å². The predicted octanol–water partition coefficient (Wildman–Crippen LogP) is 0.891. The van der Waals surface area contributed by atoms with Crippen LogP contribution in [0.3, 0.4) is 0 Å². The molecule has 1 radical (unpaired) electrons. The Morgan fingerprint density at radius 1 is 1.80 bits per heavy atom. The Labute approximate surface area is 60.2 Å². The first-order valence-corrected chi connectivity index (χ1v) is 3.12. The Morgan fingerprint density at radius 3 is 3.20 bits per heavy atom. The van der Waals surface area contributed by atoms with E-state index in [2.05, 4.69) is 6.08 Å². The second-order valence-electron chi connectivity index (χ2n) is 2.17. The molecule has 1 rings (SSSR count). The molecule has 0 fully saturated rings. The van der Waals surface area contributed by atoms with Crippen LogP contribution in [0.2, 0.25) is 0 Å². The second kappa shape index (κ2) is 3.32. The van der Waals surface area contributed by atoms with Crippen LogP contribution in [0.4, 0.5) is 0 Å². The highest BCUT2D eigenvalue weighted by Gasteiger charge is 2.05. The van der Waals surface area contributed by atoms with Crippen molar-refractivity contribution in [2.45, 2.75) is 6.42 Å². The summed E-state index contributed by atoms with van der Waals surface area (Å²) in [4.78, 5) is 10.7. The van der Waals surface area contributed by atoms with Gasteiger partial charge in [-0.25, -0.2) is 0 Å². The third kappa shape index (κ3) is 1.81. The van der Waals surface area contributed by atoms with Crippen molar-refractivity contribution < 1.29 is 9.53 Å². The molecule has 0 N–H and O–H groups in total. The highest BCUT2D eigenvalue weighted by atomic mass is 16.5. The summed E-state index contributed by atoms with van der Waals surface area (Å²) in [7, 11) is 1.62. The van der Waals surface area contributed by atoms with Gasteiger partial charge in [-0.1, -0.05) is 12.2 Å². The van der Waals surface area contributed by atoms with Crippen molar-refractivity contribution in [3.05, 3.63) is 23.8 Å². The minimum absolute atomic E-state index is 0.0366. The van der Waals surface area contributed by atoms with E-state index in [1.807, 2.05) is 6.08 Å². The number of rotatable bonds is 2. The van der Waals surface area contributed by atoms with E-state index in [1.54, 1.807) is 13.2 Å². The molecule has 2 nitrogen and oxygen atoms in total. The summed E-state index contributed by atoms with van der Waals surface area (Å²) in [6.45, 7) is 0.546. The lowest BCUT2D eigenvalue weighted by Gasteiger charge is -2.04. The average molecular weight is 137 g/mol. The van der Waals surface area contributed by atoms with Crippen molar-refractivity contribution >= 4 is 5.78 Å². The van der Waals surface area contributed by atoms with Gasteiger partial charge in [-0.05, 0) is 5.57 Å². The SMILES string of the molecule is COCC1=CC=[C]C(=O)C1. The van der Waals surface area contributed by atoms with E-state index in [1.165, 1.54) is 0 Å². The van der Waals surface area contributed by atoms with Crippen LogP contribution in [0.25, 0.3) is 0 Å². The topological polar surface area (TPSA) is 26.3 Å². The fraction of sp³-hybridized carbons (Fsp3) is 0.375. The van der Waals surface area contributed by atoms with Crippen molar-refractivity contribution in [2.24, 2.45) is 0 Å². The Morgan fingerprint density at radius 2 is 2.60 bits per heavy atom. The number of ketones is 1. The number of hydrogen-bond donors (Lipinski definition) is 0. The van der Waals surface area contributed by atoms with Crippen LogP contribution in [-0.4, -0.2) is 19.5 Å². The van der Waals surface area contributed by atoms with Gasteiger partial charge in [-0.3, -0.25) is 4.79 Å². The molecule has 0 spiro atoms. The summed E-state index contributed by atoms with van der Waals surface area (Å²) in [5.41, 5.74) is 1.02. The van der Waals surface area contributed by atoms with E-state index in [0.29, 0.717) is 13.0 Å².